The number of amides is 1. The predicted molar refractivity (Wildman–Crippen MR) is 141 cm³/mol. The van der Waals surface area contributed by atoms with Crippen molar-refractivity contribution in [3.05, 3.63) is 72.4 Å². The Labute approximate surface area is 221 Å². The van der Waals surface area contributed by atoms with E-state index < -0.39 is 29.8 Å². The lowest BCUT2D eigenvalue weighted by Gasteiger charge is -2.13. The van der Waals surface area contributed by atoms with Gasteiger partial charge in [0.05, 0.1) is 36.1 Å². The molecule has 0 aliphatic carbocycles. The molecule has 196 valence electrons. The van der Waals surface area contributed by atoms with Gasteiger partial charge in [-0.3, -0.25) is 14.2 Å². The summed E-state index contributed by atoms with van der Waals surface area (Å²) >= 11 is 6.77. The Morgan fingerprint density at radius 2 is 1.95 bits per heavy atom. The molecular formula is C26H26ClFN2O6S. The van der Waals surface area contributed by atoms with Gasteiger partial charge in [0.15, 0.2) is 11.5 Å². The number of carbonyl (C=O) groups excluding carboxylic acids is 2. The average Bonchev–Trinajstić information content (AvgIpc) is 3.10. The lowest BCUT2D eigenvalue weighted by Crippen LogP contribution is -2.36. The highest BCUT2D eigenvalue weighted by Crippen LogP contribution is 2.29. The molecule has 3 aromatic rings. The number of benzene rings is 2. The van der Waals surface area contributed by atoms with E-state index in [1.165, 1.54) is 19.2 Å². The monoisotopic (exact) mass is 548 g/mol. The van der Waals surface area contributed by atoms with Crippen molar-refractivity contribution >= 4 is 52.7 Å². The molecule has 37 heavy (non-hydrogen) atoms. The summed E-state index contributed by atoms with van der Waals surface area (Å²) in [5, 5.41) is 2.59. The van der Waals surface area contributed by atoms with E-state index >= 15 is 0 Å². The molecule has 0 radical (unpaired) electrons. The maximum Gasteiger partial charge on any atom is 0.333 e. The molecular weight excluding hydrogens is 523 g/mol. The van der Waals surface area contributed by atoms with E-state index in [0.29, 0.717) is 17.1 Å². The van der Waals surface area contributed by atoms with E-state index in [2.05, 4.69) is 5.32 Å². The van der Waals surface area contributed by atoms with Crippen LogP contribution in [0.15, 0.2) is 41.2 Å². The third-order valence-corrected chi connectivity index (χ3v) is 6.11. The summed E-state index contributed by atoms with van der Waals surface area (Å²) in [6.45, 7) is 5.13. The number of nitrogens with one attached hydrogen (secondary N) is 1. The first-order valence-corrected chi connectivity index (χ1v) is 12.5. The molecule has 2 aromatic carbocycles. The van der Waals surface area contributed by atoms with E-state index in [1.54, 1.807) is 31.2 Å². The van der Waals surface area contributed by atoms with Crippen LogP contribution in [0.25, 0.3) is 12.2 Å². The first-order valence-electron chi connectivity index (χ1n) is 11.3. The Kier molecular flexibility index (Phi) is 9.48. The van der Waals surface area contributed by atoms with Crippen LogP contribution in [0.4, 0.5) is 10.1 Å². The van der Waals surface area contributed by atoms with E-state index in [-0.39, 0.29) is 32.6 Å². The minimum absolute atomic E-state index is 0.0540. The summed E-state index contributed by atoms with van der Waals surface area (Å²) in [4.78, 5) is 38.0. The van der Waals surface area contributed by atoms with Crippen molar-refractivity contribution in [2.75, 3.05) is 19.0 Å². The SMILES string of the molecule is CCOC(=O)/C=c1\s/c(=C/c2ccc(OC(C)C)c(OC)c2)c(=O)n1CC(=O)Nc1ccc(Cl)cc1F. The van der Waals surface area contributed by atoms with Crippen LogP contribution < -0.4 is 29.5 Å². The van der Waals surface area contributed by atoms with Gasteiger partial charge < -0.3 is 19.5 Å². The standard InChI is InChI=1S/C26H26ClFN2O6S/c1-5-35-25(32)13-24-30(14-23(31)29-19-8-7-17(27)12-18(19)28)26(33)22(37-24)11-16-6-9-20(36-15(2)3)21(10-16)34-4/h6-13,15H,5,14H2,1-4H3,(H,29,31)/b22-11+,24-13-. The van der Waals surface area contributed by atoms with Crippen molar-refractivity contribution in [3.8, 4) is 11.5 Å². The number of methoxy groups -OCH3 is 1. The van der Waals surface area contributed by atoms with Crippen LogP contribution in [0.3, 0.4) is 0 Å². The van der Waals surface area contributed by atoms with Gasteiger partial charge in [-0.05, 0) is 62.7 Å². The third kappa shape index (κ3) is 7.43. The summed E-state index contributed by atoms with van der Waals surface area (Å²) in [7, 11) is 1.51. The highest BCUT2D eigenvalue weighted by molar-refractivity contribution is 7.07. The fourth-order valence-corrected chi connectivity index (χ4v) is 4.47. The second kappa shape index (κ2) is 12.6. The van der Waals surface area contributed by atoms with Crippen LogP contribution in [-0.2, 0) is 20.9 Å². The summed E-state index contributed by atoms with van der Waals surface area (Å²) in [5.41, 5.74) is 0.0544. The molecule has 0 saturated carbocycles. The number of anilines is 1. The Balaban J connectivity index is 2.02. The topological polar surface area (TPSA) is 95.9 Å². The summed E-state index contributed by atoms with van der Waals surface area (Å²) in [6, 6.07) is 9.01. The van der Waals surface area contributed by atoms with Gasteiger partial charge in [-0.2, -0.15) is 0 Å². The number of hydrogen-bond acceptors (Lipinski definition) is 7. The van der Waals surface area contributed by atoms with E-state index in [4.69, 9.17) is 25.8 Å². The number of carbonyl (C=O) groups is 2. The van der Waals surface area contributed by atoms with Gasteiger partial charge in [-0.25, -0.2) is 9.18 Å². The maximum absolute atomic E-state index is 14.1. The van der Waals surface area contributed by atoms with Crippen LogP contribution in [0.1, 0.15) is 26.3 Å². The zero-order chi connectivity index (χ0) is 27.1. The molecule has 0 aliphatic rings. The molecule has 0 bridgehead atoms. The maximum atomic E-state index is 14.1. The first-order chi connectivity index (χ1) is 17.6. The van der Waals surface area contributed by atoms with E-state index in [9.17, 15) is 18.8 Å². The smallest absolute Gasteiger partial charge is 0.333 e. The molecule has 0 saturated heterocycles. The number of nitrogens with zero attached hydrogens (tertiary/aromatic N) is 1. The van der Waals surface area contributed by atoms with Gasteiger partial charge >= 0.3 is 5.97 Å². The van der Waals surface area contributed by atoms with Gasteiger partial charge in [0.25, 0.3) is 5.56 Å². The number of rotatable bonds is 9. The molecule has 11 heteroatoms. The molecule has 1 amide bonds. The molecule has 0 unspecified atom stereocenters. The fourth-order valence-electron chi connectivity index (χ4n) is 3.28. The Morgan fingerprint density at radius 3 is 2.59 bits per heavy atom. The van der Waals surface area contributed by atoms with Crippen LogP contribution in [-0.4, -0.2) is 36.3 Å². The molecule has 0 aliphatic heterocycles. The lowest BCUT2D eigenvalue weighted by molar-refractivity contribution is -0.135. The second-order valence-electron chi connectivity index (χ2n) is 7.99. The van der Waals surface area contributed by atoms with Crippen molar-refractivity contribution < 1.29 is 28.2 Å². The number of esters is 1. The van der Waals surface area contributed by atoms with Gasteiger partial charge in [-0.1, -0.05) is 17.7 Å². The highest BCUT2D eigenvalue weighted by atomic mass is 35.5. The van der Waals surface area contributed by atoms with Gasteiger partial charge in [0, 0.05) is 5.02 Å². The number of hydrogen-bond donors (Lipinski definition) is 1. The van der Waals surface area contributed by atoms with Crippen LogP contribution in [0.5, 0.6) is 11.5 Å². The molecule has 1 aromatic heterocycles. The van der Waals surface area contributed by atoms with Gasteiger partial charge in [-0.15, -0.1) is 11.3 Å². The largest absolute Gasteiger partial charge is 0.493 e. The first kappa shape index (κ1) is 27.9. The Bertz CT molecular complexity index is 1480. The highest BCUT2D eigenvalue weighted by Gasteiger charge is 2.14. The number of thiazole rings is 1. The summed E-state index contributed by atoms with van der Waals surface area (Å²) < 4.78 is 31.8. The number of aromatic nitrogens is 1. The zero-order valence-corrected chi connectivity index (χ0v) is 22.2. The molecule has 0 spiro atoms. The second-order valence-corrected chi connectivity index (χ2v) is 9.48. The third-order valence-electron chi connectivity index (χ3n) is 4.82. The molecule has 8 nitrogen and oxygen atoms in total. The average molecular weight is 549 g/mol. The minimum Gasteiger partial charge on any atom is -0.493 e. The van der Waals surface area contributed by atoms with Crippen molar-refractivity contribution in [2.45, 2.75) is 33.4 Å². The van der Waals surface area contributed by atoms with Crippen molar-refractivity contribution in [2.24, 2.45) is 0 Å². The summed E-state index contributed by atoms with van der Waals surface area (Å²) in [6.07, 6.45) is 2.70. The van der Waals surface area contributed by atoms with Crippen LogP contribution >= 0.6 is 22.9 Å². The quantitative estimate of drug-likeness (QED) is 0.412. The Hall–Kier alpha value is -3.63. The predicted octanol–water partition coefficient (Wildman–Crippen LogP) is 3.31. The lowest BCUT2D eigenvalue weighted by atomic mass is 10.2. The molecule has 1 N–H and O–H groups in total. The Morgan fingerprint density at radius 1 is 1.19 bits per heavy atom. The molecule has 1 heterocycles. The van der Waals surface area contributed by atoms with Gasteiger partial charge in [0.1, 0.15) is 17.0 Å². The van der Waals surface area contributed by atoms with Crippen molar-refractivity contribution in [3.63, 3.8) is 0 Å². The molecule has 0 atom stereocenters. The normalized spacial score (nSPS) is 12.1. The zero-order valence-electron chi connectivity index (χ0n) is 20.7. The van der Waals surface area contributed by atoms with Crippen LogP contribution in [0.2, 0.25) is 5.02 Å². The number of ether oxygens (including phenoxy) is 3. The molecule has 0 fully saturated rings. The van der Waals surface area contributed by atoms with E-state index in [1.807, 2.05) is 13.8 Å². The minimum atomic E-state index is -0.718. The summed E-state index contributed by atoms with van der Waals surface area (Å²) in [5.74, 6) is -1.000. The van der Waals surface area contributed by atoms with Crippen molar-refractivity contribution in [1.82, 2.24) is 4.57 Å². The van der Waals surface area contributed by atoms with Crippen molar-refractivity contribution in [1.29, 1.82) is 0 Å². The van der Waals surface area contributed by atoms with E-state index in [0.717, 1.165) is 28.0 Å². The van der Waals surface area contributed by atoms with Gasteiger partial charge in [0.2, 0.25) is 5.91 Å². The number of halogens is 2. The van der Waals surface area contributed by atoms with Crippen LogP contribution in [0, 0.1) is 5.82 Å². The fraction of sp³-hybridized carbons (Fsp3) is 0.269. The molecule has 3 rings (SSSR count).